The fourth-order valence-corrected chi connectivity index (χ4v) is 3.06. The topological polar surface area (TPSA) is 66.8 Å². The molecule has 6 heteroatoms. The summed E-state index contributed by atoms with van der Waals surface area (Å²) in [5.74, 6) is -0.0513. The van der Waals surface area contributed by atoms with Gasteiger partial charge in [0, 0.05) is 0 Å². The number of phenolic OH excluding ortho intramolecular Hbond substituents is 1. The summed E-state index contributed by atoms with van der Waals surface area (Å²) in [7, 11) is 1.46. The predicted molar refractivity (Wildman–Crippen MR) is 89.6 cm³/mol. The number of carbonyl (C=O) groups is 2. The Morgan fingerprint density at radius 1 is 1.13 bits per heavy atom. The monoisotopic (exact) mass is 327 g/mol. The molecule has 1 aliphatic heterocycles. The van der Waals surface area contributed by atoms with E-state index in [0.717, 1.165) is 16.7 Å². The summed E-state index contributed by atoms with van der Waals surface area (Å²) in [6.45, 7) is 0. The van der Waals surface area contributed by atoms with Crippen LogP contribution in [0.25, 0.3) is 6.08 Å². The molecular formula is C17H13NO4S. The lowest BCUT2D eigenvalue weighted by Crippen LogP contribution is -2.27. The molecular weight excluding hydrogens is 314 g/mol. The smallest absolute Gasteiger partial charge is 0.298 e. The van der Waals surface area contributed by atoms with Crippen LogP contribution in [0.2, 0.25) is 0 Å². The largest absolute Gasteiger partial charge is 0.504 e. The average Bonchev–Trinajstić information content (AvgIpc) is 2.82. The molecule has 3 rings (SSSR count). The molecule has 0 unspecified atom stereocenters. The van der Waals surface area contributed by atoms with Crippen LogP contribution in [0.4, 0.5) is 10.5 Å². The molecule has 1 heterocycles. The third kappa shape index (κ3) is 2.93. The van der Waals surface area contributed by atoms with Crippen LogP contribution < -0.4 is 9.64 Å². The number of imide groups is 1. The van der Waals surface area contributed by atoms with Crippen molar-refractivity contribution in [3.05, 3.63) is 59.0 Å². The van der Waals surface area contributed by atoms with Crippen LogP contribution in [0.1, 0.15) is 5.56 Å². The number of benzene rings is 2. The zero-order valence-electron chi connectivity index (χ0n) is 12.2. The van der Waals surface area contributed by atoms with Crippen LogP contribution in [0.3, 0.4) is 0 Å². The summed E-state index contributed by atoms with van der Waals surface area (Å²) in [5, 5.41) is 9.45. The van der Waals surface area contributed by atoms with Gasteiger partial charge in [-0.25, -0.2) is 4.90 Å². The molecule has 0 aliphatic carbocycles. The van der Waals surface area contributed by atoms with Crippen molar-refractivity contribution in [3.63, 3.8) is 0 Å². The minimum absolute atomic E-state index is 0.0245. The van der Waals surface area contributed by atoms with Gasteiger partial charge in [0.1, 0.15) is 0 Å². The van der Waals surface area contributed by atoms with Crippen LogP contribution in [-0.4, -0.2) is 23.4 Å². The number of hydrogen-bond donors (Lipinski definition) is 1. The second-order valence-electron chi connectivity index (χ2n) is 4.78. The van der Waals surface area contributed by atoms with Crippen LogP contribution in [-0.2, 0) is 4.79 Å². The number of methoxy groups -OCH3 is 1. The van der Waals surface area contributed by atoms with E-state index in [2.05, 4.69) is 0 Å². The van der Waals surface area contributed by atoms with Gasteiger partial charge in [-0.1, -0.05) is 24.3 Å². The van der Waals surface area contributed by atoms with Crippen molar-refractivity contribution in [2.45, 2.75) is 0 Å². The molecule has 1 saturated heterocycles. The molecule has 1 fully saturated rings. The zero-order valence-corrected chi connectivity index (χ0v) is 13.0. The Morgan fingerprint density at radius 3 is 2.52 bits per heavy atom. The predicted octanol–water partition coefficient (Wildman–Crippen LogP) is 3.64. The molecule has 116 valence electrons. The molecule has 0 atom stereocenters. The van der Waals surface area contributed by atoms with Crippen molar-refractivity contribution in [3.8, 4) is 11.5 Å². The van der Waals surface area contributed by atoms with Crippen molar-refractivity contribution in [2.75, 3.05) is 12.0 Å². The number of thioether (sulfide) groups is 1. The highest BCUT2D eigenvalue weighted by molar-refractivity contribution is 8.19. The van der Waals surface area contributed by atoms with E-state index in [0.29, 0.717) is 21.9 Å². The third-order valence-electron chi connectivity index (χ3n) is 3.31. The van der Waals surface area contributed by atoms with Crippen LogP contribution in [0.15, 0.2) is 53.4 Å². The van der Waals surface area contributed by atoms with Gasteiger partial charge in [-0.05, 0) is 47.7 Å². The van der Waals surface area contributed by atoms with Crippen molar-refractivity contribution < 1.29 is 19.4 Å². The highest BCUT2D eigenvalue weighted by Crippen LogP contribution is 2.36. The fourth-order valence-electron chi connectivity index (χ4n) is 2.22. The van der Waals surface area contributed by atoms with E-state index in [4.69, 9.17) is 4.74 Å². The Kier molecular flexibility index (Phi) is 4.08. The van der Waals surface area contributed by atoms with Gasteiger partial charge < -0.3 is 9.84 Å². The molecule has 23 heavy (non-hydrogen) atoms. The number of rotatable bonds is 3. The number of anilines is 1. The average molecular weight is 327 g/mol. The molecule has 5 nitrogen and oxygen atoms in total. The molecule has 0 aromatic heterocycles. The van der Waals surface area contributed by atoms with E-state index < -0.39 is 0 Å². The normalized spacial score (nSPS) is 16.2. The number of phenols is 1. The molecule has 2 amide bonds. The lowest BCUT2D eigenvalue weighted by molar-refractivity contribution is -0.113. The molecule has 2 aromatic carbocycles. The van der Waals surface area contributed by atoms with Crippen molar-refractivity contribution >= 4 is 34.7 Å². The zero-order chi connectivity index (χ0) is 16.4. The first-order valence-corrected chi connectivity index (χ1v) is 7.62. The number of para-hydroxylation sites is 1. The van der Waals surface area contributed by atoms with E-state index in [-0.39, 0.29) is 16.9 Å². The first kappa shape index (κ1) is 15.2. The molecule has 0 spiro atoms. The maximum Gasteiger partial charge on any atom is 0.298 e. The van der Waals surface area contributed by atoms with Crippen LogP contribution >= 0.6 is 11.8 Å². The van der Waals surface area contributed by atoms with Gasteiger partial charge in [0.2, 0.25) is 0 Å². The van der Waals surface area contributed by atoms with Crippen LogP contribution in [0, 0.1) is 0 Å². The van der Waals surface area contributed by atoms with E-state index in [9.17, 15) is 14.7 Å². The number of aromatic hydroxyl groups is 1. The van der Waals surface area contributed by atoms with Gasteiger partial charge in [-0.15, -0.1) is 0 Å². The van der Waals surface area contributed by atoms with Gasteiger partial charge in [-0.3, -0.25) is 9.59 Å². The molecule has 0 bridgehead atoms. The number of carbonyl (C=O) groups excluding carboxylic acids is 2. The van der Waals surface area contributed by atoms with Crippen LogP contribution in [0.5, 0.6) is 11.5 Å². The first-order chi connectivity index (χ1) is 11.1. The summed E-state index contributed by atoms with van der Waals surface area (Å²) >= 11 is 0.873. The van der Waals surface area contributed by atoms with Crippen molar-refractivity contribution in [2.24, 2.45) is 0 Å². The maximum atomic E-state index is 12.5. The third-order valence-corrected chi connectivity index (χ3v) is 4.18. The lowest BCUT2D eigenvalue weighted by Gasteiger charge is -2.11. The summed E-state index contributed by atoms with van der Waals surface area (Å²) in [5.41, 5.74) is 1.15. The summed E-state index contributed by atoms with van der Waals surface area (Å²) in [4.78, 5) is 26.0. The van der Waals surface area contributed by atoms with Crippen molar-refractivity contribution in [1.82, 2.24) is 0 Å². The Hall–Kier alpha value is -2.73. The maximum absolute atomic E-state index is 12.5. The van der Waals surface area contributed by atoms with E-state index in [1.54, 1.807) is 42.5 Å². The highest BCUT2D eigenvalue weighted by atomic mass is 32.2. The molecule has 0 saturated carbocycles. The minimum Gasteiger partial charge on any atom is -0.504 e. The van der Waals surface area contributed by atoms with Gasteiger partial charge in [0.05, 0.1) is 17.7 Å². The number of ether oxygens (including phenoxy) is 1. The second kappa shape index (κ2) is 6.18. The first-order valence-electron chi connectivity index (χ1n) is 6.80. The lowest BCUT2D eigenvalue weighted by atomic mass is 10.2. The van der Waals surface area contributed by atoms with E-state index in [1.165, 1.54) is 13.2 Å². The summed E-state index contributed by atoms with van der Waals surface area (Å²) in [6, 6.07) is 13.6. The Balaban J connectivity index is 1.91. The van der Waals surface area contributed by atoms with Gasteiger partial charge in [0.25, 0.3) is 11.1 Å². The van der Waals surface area contributed by atoms with Gasteiger partial charge in [-0.2, -0.15) is 0 Å². The SMILES string of the molecule is COc1ccc(/C=C2/SC(=O)N(c3ccccc3)C2=O)cc1O. The second-order valence-corrected chi connectivity index (χ2v) is 5.78. The Bertz CT molecular complexity index is 801. The minimum atomic E-state index is -0.374. The molecule has 0 radical (unpaired) electrons. The molecule has 1 aliphatic rings. The number of hydrogen-bond acceptors (Lipinski definition) is 5. The van der Waals surface area contributed by atoms with Gasteiger partial charge in [0.15, 0.2) is 11.5 Å². The standard InChI is InChI=1S/C17H13NO4S/c1-22-14-8-7-11(9-13(14)19)10-15-16(20)18(17(21)23-15)12-5-3-2-4-6-12/h2-10,19H,1H3/b15-10+. The Morgan fingerprint density at radius 2 is 1.87 bits per heavy atom. The fraction of sp³-hybridized carbons (Fsp3) is 0.0588. The van der Waals surface area contributed by atoms with Gasteiger partial charge >= 0.3 is 0 Å². The van der Waals surface area contributed by atoms with Crippen molar-refractivity contribution in [1.29, 1.82) is 0 Å². The molecule has 2 aromatic rings. The Labute approximate surface area is 137 Å². The summed E-state index contributed by atoms with van der Waals surface area (Å²) in [6.07, 6.45) is 1.58. The van der Waals surface area contributed by atoms with E-state index in [1.807, 2.05) is 6.07 Å². The van der Waals surface area contributed by atoms with E-state index >= 15 is 0 Å². The molecule has 1 N–H and O–H groups in total. The number of amides is 2. The summed E-state index contributed by atoms with van der Waals surface area (Å²) < 4.78 is 4.98. The number of nitrogens with zero attached hydrogens (tertiary/aromatic N) is 1. The quantitative estimate of drug-likeness (QED) is 0.872. The highest BCUT2D eigenvalue weighted by Gasteiger charge is 2.36.